The van der Waals surface area contributed by atoms with Crippen molar-refractivity contribution in [3.63, 3.8) is 0 Å². The average Bonchev–Trinajstić information content (AvgIpc) is 3.23. The number of esters is 1. The topological polar surface area (TPSA) is 35.5 Å². The average molecular weight is 288 g/mol. The number of carbonyl (C=O) groups excluding carboxylic acids is 1. The molecule has 1 saturated carbocycles. The van der Waals surface area contributed by atoms with Crippen LogP contribution >= 0.6 is 0 Å². The Balaban J connectivity index is 2.24. The Hall–Kier alpha value is -1.72. The molecule has 0 bridgehead atoms. The van der Waals surface area contributed by atoms with Crippen LogP contribution in [0.5, 0.6) is 5.75 Å². The van der Waals surface area contributed by atoms with Crippen molar-refractivity contribution >= 4 is 5.97 Å². The van der Waals surface area contributed by atoms with Crippen LogP contribution in [-0.2, 0) is 4.74 Å². The molecule has 110 valence electrons. The van der Waals surface area contributed by atoms with Crippen molar-refractivity contribution in [1.82, 2.24) is 0 Å². The van der Waals surface area contributed by atoms with Crippen molar-refractivity contribution in [2.24, 2.45) is 0 Å². The van der Waals surface area contributed by atoms with E-state index >= 15 is 0 Å². The highest BCUT2D eigenvalue weighted by molar-refractivity contribution is 5.90. The molecule has 2 rings (SSSR count). The highest BCUT2D eigenvalue weighted by atomic mass is 19.3. The predicted octanol–water partition coefficient (Wildman–Crippen LogP) is 3.68. The molecule has 1 aromatic rings. The fourth-order valence-electron chi connectivity index (χ4n) is 1.88. The van der Waals surface area contributed by atoms with Gasteiger partial charge in [-0.3, -0.25) is 0 Å². The first-order valence-corrected chi connectivity index (χ1v) is 6.43. The van der Waals surface area contributed by atoms with Gasteiger partial charge in [-0.05, 0) is 43.4 Å². The number of carbonyl (C=O) groups is 1. The first-order valence-electron chi connectivity index (χ1n) is 6.43. The maximum Gasteiger partial charge on any atom is 0.338 e. The number of halogens is 3. The molecule has 1 unspecified atom stereocenters. The quantitative estimate of drug-likeness (QED) is 0.749. The molecule has 0 aromatic heterocycles. The molecule has 0 radical (unpaired) electrons. The van der Waals surface area contributed by atoms with E-state index in [9.17, 15) is 18.0 Å². The Bertz CT molecular complexity index is 487. The van der Waals surface area contributed by atoms with E-state index in [1.807, 2.05) is 0 Å². The Morgan fingerprint density at radius 2 is 2.05 bits per heavy atom. The van der Waals surface area contributed by atoms with Gasteiger partial charge in [0.05, 0.1) is 12.2 Å². The molecule has 0 amide bonds. The maximum atomic E-state index is 13.1. The van der Waals surface area contributed by atoms with Gasteiger partial charge in [0.15, 0.2) is 0 Å². The SMILES string of the molecule is CCOC(=O)c1ccc(C2CC2)c(OC(F)C(F)F)c1. The molecule has 20 heavy (non-hydrogen) atoms. The van der Waals surface area contributed by atoms with Gasteiger partial charge in [-0.1, -0.05) is 6.07 Å². The number of ether oxygens (including phenoxy) is 2. The van der Waals surface area contributed by atoms with Gasteiger partial charge in [0.25, 0.3) is 6.36 Å². The van der Waals surface area contributed by atoms with Crippen LogP contribution in [0, 0.1) is 0 Å². The van der Waals surface area contributed by atoms with E-state index in [1.54, 1.807) is 13.0 Å². The lowest BCUT2D eigenvalue weighted by molar-refractivity contribution is -0.0673. The Labute approximate surface area is 114 Å². The standard InChI is InChI=1S/C14H15F3O3/c1-2-19-14(18)9-5-6-10(8-3-4-8)11(7-9)20-13(17)12(15)16/h5-8,12-13H,2-4H2,1H3. The van der Waals surface area contributed by atoms with E-state index < -0.39 is 18.8 Å². The summed E-state index contributed by atoms with van der Waals surface area (Å²) in [6, 6.07) is 4.41. The number of rotatable bonds is 6. The summed E-state index contributed by atoms with van der Waals surface area (Å²) in [7, 11) is 0. The zero-order chi connectivity index (χ0) is 14.7. The van der Waals surface area contributed by atoms with Crippen LogP contribution < -0.4 is 4.74 Å². The van der Waals surface area contributed by atoms with Gasteiger partial charge in [0.2, 0.25) is 0 Å². The molecule has 1 atom stereocenters. The minimum Gasteiger partial charge on any atom is -0.462 e. The van der Waals surface area contributed by atoms with E-state index in [-0.39, 0.29) is 23.8 Å². The maximum absolute atomic E-state index is 13.1. The number of hydrogen-bond donors (Lipinski definition) is 0. The van der Waals surface area contributed by atoms with Crippen LogP contribution in [0.15, 0.2) is 18.2 Å². The normalized spacial score (nSPS) is 16.1. The highest BCUT2D eigenvalue weighted by Gasteiger charge is 2.30. The smallest absolute Gasteiger partial charge is 0.338 e. The molecule has 0 spiro atoms. The van der Waals surface area contributed by atoms with Crippen molar-refractivity contribution in [2.45, 2.75) is 38.5 Å². The summed E-state index contributed by atoms with van der Waals surface area (Å²) in [4.78, 5) is 11.6. The fourth-order valence-corrected chi connectivity index (χ4v) is 1.88. The van der Waals surface area contributed by atoms with Crippen molar-refractivity contribution < 1.29 is 27.4 Å². The summed E-state index contributed by atoms with van der Waals surface area (Å²) in [5.74, 6) is -0.413. The molecule has 3 nitrogen and oxygen atoms in total. The highest BCUT2D eigenvalue weighted by Crippen LogP contribution is 2.45. The van der Waals surface area contributed by atoms with Gasteiger partial charge >= 0.3 is 12.4 Å². The lowest BCUT2D eigenvalue weighted by Crippen LogP contribution is -2.20. The summed E-state index contributed by atoms with van der Waals surface area (Å²) in [5.41, 5.74) is 0.814. The summed E-state index contributed by atoms with van der Waals surface area (Å²) in [6.07, 6.45) is -4.13. The van der Waals surface area contributed by atoms with E-state index in [4.69, 9.17) is 4.74 Å². The molecular formula is C14H15F3O3. The van der Waals surface area contributed by atoms with Gasteiger partial charge in [0.1, 0.15) is 5.75 Å². The van der Waals surface area contributed by atoms with Gasteiger partial charge in [-0.25, -0.2) is 13.6 Å². The fraction of sp³-hybridized carbons (Fsp3) is 0.500. The van der Waals surface area contributed by atoms with Crippen molar-refractivity contribution in [2.75, 3.05) is 6.61 Å². The zero-order valence-corrected chi connectivity index (χ0v) is 10.9. The summed E-state index contributed by atoms with van der Waals surface area (Å²) in [5, 5.41) is 0. The van der Waals surface area contributed by atoms with Crippen LogP contribution in [0.2, 0.25) is 0 Å². The third-order valence-corrected chi connectivity index (χ3v) is 2.98. The Morgan fingerprint density at radius 1 is 1.35 bits per heavy atom. The second-order valence-electron chi connectivity index (χ2n) is 4.55. The molecule has 0 saturated heterocycles. The van der Waals surface area contributed by atoms with E-state index in [2.05, 4.69) is 4.74 Å². The van der Waals surface area contributed by atoms with E-state index in [1.165, 1.54) is 12.1 Å². The second-order valence-corrected chi connectivity index (χ2v) is 4.55. The second kappa shape index (κ2) is 6.15. The minimum atomic E-state index is -3.23. The first kappa shape index (κ1) is 14.7. The Morgan fingerprint density at radius 3 is 2.60 bits per heavy atom. The molecule has 1 aliphatic carbocycles. The number of hydrogen-bond acceptors (Lipinski definition) is 3. The van der Waals surface area contributed by atoms with Crippen molar-refractivity contribution in [3.05, 3.63) is 29.3 Å². The van der Waals surface area contributed by atoms with Crippen LogP contribution in [0.1, 0.15) is 41.6 Å². The number of alkyl halides is 3. The van der Waals surface area contributed by atoms with Crippen molar-refractivity contribution in [1.29, 1.82) is 0 Å². The van der Waals surface area contributed by atoms with Crippen LogP contribution in [0.3, 0.4) is 0 Å². The van der Waals surface area contributed by atoms with Crippen molar-refractivity contribution in [3.8, 4) is 5.75 Å². The monoisotopic (exact) mass is 288 g/mol. The zero-order valence-electron chi connectivity index (χ0n) is 10.9. The molecule has 0 N–H and O–H groups in total. The molecule has 0 heterocycles. The minimum absolute atomic E-state index is 0.00847. The summed E-state index contributed by atoms with van der Waals surface area (Å²) >= 11 is 0. The molecule has 1 aromatic carbocycles. The van der Waals surface area contributed by atoms with E-state index in [0.717, 1.165) is 12.8 Å². The first-order chi connectivity index (χ1) is 9.52. The third kappa shape index (κ3) is 3.43. The molecule has 1 fully saturated rings. The van der Waals surface area contributed by atoms with Crippen LogP contribution in [0.25, 0.3) is 0 Å². The lowest BCUT2D eigenvalue weighted by atomic mass is 10.1. The lowest BCUT2D eigenvalue weighted by Gasteiger charge is -2.15. The summed E-state index contributed by atoms with van der Waals surface area (Å²) < 4.78 is 47.0. The summed E-state index contributed by atoms with van der Waals surface area (Å²) in [6.45, 7) is 1.85. The number of benzene rings is 1. The van der Waals surface area contributed by atoms with Gasteiger partial charge in [-0.2, -0.15) is 4.39 Å². The molecular weight excluding hydrogens is 273 g/mol. The van der Waals surface area contributed by atoms with Gasteiger partial charge in [0, 0.05) is 0 Å². The third-order valence-electron chi connectivity index (χ3n) is 2.98. The van der Waals surface area contributed by atoms with Gasteiger partial charge in [-0.15, -0.1) is 0 Å². The molecule has 6 heteroatoms. The van der Waals surface area contributed by atoms with Gasteiger partial charge < -0.3 is 9.47 Å². The van der Waals surface area contributed by atoms with Crippen LogP contribution in [0.4, 0.5) is 13.2 Å². The van der Waals surface area contributed by atoms with E-state index in [0.29, 0.717) is 5.56 Å². The van der Waals surface area contributed by atoms with Crippen LogP contribution in [-0.4, -0.2) is 25.4 Å². The largest absolute Gasteiger partial charge is 0.462 e. The Kier molecular flexibility index (Phi) is 4.52. The predicted molar refractivity (Wildman–Crippen MR) is 65.9 cm³/mol. The molecule has 1 aliphatic rings. The molecule has 0 aliphatic heterocycles.